The van der Waals surface area contributed by atoms with Gasteiger partial charge in [-0.05, 0) is 18.2 Å². The normalized spacial score (nSPS) is 23.2. The molecule has 1 atom stereocenters. The van der Waals surface area contributed by atoms with Crippen LogP contribution in [0.5, 0.6) is 0 Å². The van der Waals surface area contributed by atoms with Crippen LogP contribution >= 0.6 is 0 Å². The summed E-state index contributed by atoms with van der Waals surface area (Å²) in [7, 11) is 0. The highest BCUT2D eigenvalue weighted by atomic mass is 16.5. The Bertz CT molecular complexity index is 413. The number of ether oxygens (including phenoxy) is 2. The smallest absolute Gasteiger partial charge is 0.353 e. The van der Waals surface area contributed by atoms with Gasteiger partial charge < -0.3 is 14.6 Å². The molecule has 0 aromatic rings. The lowest BCUT2D eigenvalue weighted by atomic mass is 9.94. The van der Waals surface area contributed by atoms with Gasteiger partial charge in [0, 0.05) is 6.42 Å². The second-order valence-electron chi connectivity index (χ2n) is 2.73. The lowest BCUT2D eigenvalue weighted by Crippen LogP contribution is -2.39. The zero-order valence-electron chi connectivity index (χ0n) is 7.51. The van der Waals surface area contributed by atoms with Gasteiger partial charge in [-0.2, -0.15) is 5.26 Å². The third-order valence-corrected chi connectivity index (χ3v) is 1.88. The maximum absolute atomic E-state index is 10.9. The maximum Gasteiger partial charge on any atom is 0.353 e. The average Bonchev–Trinajstić information content (AvgIpc) is 2.21. The van der Waals surface area contributed by atoms with Gasteiger partial charge in [-0.25, -0.2) is 4.79 Å². The van der Waals surface area contributed by atoms with Gasteiger partial charge in [0.25, 0.3) is 12.5 Å². The number of nitriles is 2. The average molecular weight is 206 g/mol. The molecule has 1 unspecified atom stereocenters. The van der Waals surface area contributed by atoms with Crippen molar-refractivity contribution >= 4 is 5.97 Å². The summed E-state index contributed by atoms with van der Waals surface area (Å²) in [5.74, 6) is -1.04. The summed E-state index contributed by atoms with van der Waals surface area (Å²) in [6, 6.07) is 0. The van der Waals surface area contributed by atoms with Crippen LogP contribution in [0.25, 0.3) is 0 Å². The summed E-state index contributed by atoms with van der Waals surface area (Å²) < 4.78 is 8.98. The van der Waals surface area contributed by atoms with Gasteiger partial charge in [0.1, 0.15) is 5.76 Å². The number of allylic oxidation sites excluding steroid dienone is 1. The van der Waals surface area contributed by atoms with Gasteiger partial charge in [0.05, 0.1) is 0 Å². The monoisotopic (exact) mass is 206 g/mol. The standard InChI is InChI=1S/C9H6N2O4/c10-5-14-7-1-3-9(4-2-7,8(12)13)15-6-11/h1-3H,4H2,(H,12,13). The third-order valence-electron chi connectivity index (χ3n) is 1.88. The summed E-state index contributed by atoms with van der Waals surface area (Å²) in [5.41, 5.74) is -1.68. The second-order valence-corrected chi connectivity index (χ2v) is 2.73. The van der Waals surface area contributed by atoms with Gasteiger partial charge in [0.15, 0.2) is 0 Å². The molecule has 0 aliphatic heterocycles. The van der Waals surface area contributed by atoms with Crippen LogP contribution < -0.4 is 0 Å². The number of nitrogens with zero attached hydrogens (tertiary/aromatic N) is 2. The topological polar surface area (TPSA) is 103 Å². The number of carboxylic acids is 1. The molecule has 76 valence electrons. The molecule has 6 nitrogen and oxygen atoms in total. The zero-order chi connectivity index (χ0) is 11.3. The molecule has 15 heavy (non-hydrogen) atoms. The summed E-state index contributed by atoms with van der Waals surface area (Å²) in [6.45, 7) is 0. The SMILES string of the molecule is N#COC1=CCC(OC#N)(C(=O)O)C=C1. The highest BCUT2D eigenvalue weighted by Gasteiger charge is 2.39. The van der Waals surface area contributed by atoms with E-state index in [0.29, 0.717) is 0 Å². The van der Waals surface area contributed by atoms with Crippen LogP contribution in [-0.4, -0.2) is 16.7 Å². The van der Waals surface area contributed by atoms with Crippen molar-refractivity contribution in [1.29, 1.82) is 10.5 Å². The molecule has 6 heteroatoms. The molecule has 0 saturated carbocycles. The van der Waals surface area contributed by atoms with Crippen LogP contribution in [0.1, 0.15) is 6.42 Å². The van der Waals surface area contributed by atoms with E-state index in [1.165, 1.54) is 30.7 Å². The molecule has 1 N–H and O–H groups in total. The largest absolute Gasteiger partial charge is 0.478 e. The number of hydrogen-bond donors (Lipinski definition) is 1. The van der Waals surface area contributed by atoms with Gasteiger partial charge in [-0.3, -0.25) is 0 Å². The van der Waals surface area contributed by atoms with Crippen LogP contribution in [0.15, 0.2) is 24.0 Å². The molecule has 0 amide bonds. The van der Waals surface area contributed by atoms with E-state index in [4.69, 9.17) is 15.6 Å². The van der Waals surface area contributed by atoms with E-state index >= 15 is 0 Å². The fraction of sp³-hybridized carbons (Fsp3) is 0.222. The number of carboxylic acid groups (broad SMARTS) is 1. The van der Waals surface area contributed by atoms with E-state index in [0.717, 1.165) is 0 Å². The third kappa shape index (κ3) is 2.06. The van der Waals surface area contributed by atoms with Crippen LogP contribution in [0, 0.1) is 23.0 Å². The van der Waals surface area contributed by atoms with Crippen molar-refractivity contribution in [2.24, 2.45) is 0 Å². The lowest BCUT2D eigenvalue weighted by molar-refractivity contribution is -0.153. The fourth-order valence-electron chi connectivity index (χ4n) is 1.09. The Morgan fingerprint density at radius 1 is 1.53 bits per heavy atom. The Kier molecular flexibility index (Phi) is 2.94. The van der Waals surface area contributed by atoms with Crippen LogP contribution in [0.2, 0.25) is 0 Å². The van der Waals surface area contributed by atoms with Crippen molar-refractivity contribution < 1.29 is 19.4 Å². The molecule has 1 rings (SSSR count). The molecular weight excluding hydrogens is 200 g/mol. The quantitative estimate of drug-likeness (QED) is 0.680. The minimum absolute atomic E-state index is 0.0661. The van der Waals surface area contributed by atoms with E-state index in [2.05, 4.69) is 9.47 Å². The first kappa shape index (κ1) is 10.6. The Labute approximate surface area is 85.2 Å². The van der Waals surface area contributed by atoms with Gasteiger partial charge in [-0.15, -0.1) is 5.26 Å². The minimum atomic E-state index is -1.68. The highest BCUT2D eigenvalue weighted by Crippen LogP contribution is 2.25. The predicted octanol–water partition coefficient (Wildman–Crippen LogP) is 0.649. The molecule has 0 spiro atoms. The van der Waals surface area contributed by atoms with Gasteiger partial charge in [0.2, 0.25) is 5.60 Å². The molecule has 0 aromatic carbocycles. The van der Waals surface area contributed by atoms with Crippen LogP contribution in [-0.2, 0) is 14.3 Å². The molecule has 1 aliphatic carbocycles. The van der Waals surface area contributed by atoms with E-state index < -0.39 is 11.6 Å². The van der Waals surface area contributed by atoms with Crippen molar-refractivity contribution in [3.63, 3.8) is 0 Å². The molecule has 0 saturated heterocycles. The predicted molar refractivity (Wildman–Crippen MR) is 45.6 cm³/mol. The van der Waals surface area contributed by atoms with Crippen molar-refractivity contribution in [2.45, 2.75) is 12.0 Å². The van der Waals surface area contributed by atoms with Crippen molar-refractivity contribution in [3.05, 3.63) is 24.0 Å². The molecule has 0 aromatic heterocycles. The van der Waals surface area contributed by atoms with Crippen LogP contribution in [0.4, 0.5) is 0 Å². The molecule has 0 bridgehead atoms. The van der Waals surface area contributed by atoms with E-state index in [1.807, 2.05) is 0 Å². The van der Waals surface area contributed by atoms with E-state index in [9.17, 15) is 4.79 Å². The Morgan fingerprint density at radius 3 is 2.67 bits per heavy atom. The lowest BCUT2D eigenvalue weighted by Gasteiger charge is -2.23. The second kappa shape index (κ2) is 4.16. The van der Waals surface area contributed by atoms with Crippen LogP contribution in [0.3, 0.4) is 0 Å². The first-order chi connectivity index (χ1) is 7.14. The maximum atomic E-state index is 10.9. The Balaban J connectivity index is 2.86. The number of rotatable bonds is 3. The van der Waals surface area contributed by atoms with Crippen molar-refractivity contribution in [3.8, 4) is 12.5 Å². The zero-order valence-corrected chi connectivity index (χ0v) is 7.51. The van der Waals surface area contributed by atoms with Gasteiger partial charge >= 0.3 is 5.97 Å². The molecule has 0 fully saturated rings. The first-order valence-corrected chi connectivity index (χ1v) is 3.90. The van der Waals surface area contributed by atoms with Gasteiger partial charge in [-0.1, -0.05) is 0 Å². The summed E-state index contributed by atoms with van der Waals surface area (Å²) >= 11 is 0. The van der Waals surface area contributed by atoms with E-state index in [1.54, 1.807) is 0 Å². The molecule has 0 radical (unpaired) electrons. The van der Waals surface area contributed by atoms with Crippen molar-refractivity contribution in [2.75, 3.05) is 0 Å². The molecule has 0 heterocycles. The van der Waals surface area contributed by atoms with Crippen molar-refractivity contribution in [1.82, 2.24) is 0 Å². The van der Waals surface area contributed by atoms with E-state index in [-0.39, 0.29) is 12.2 Å². The first-order valence-electron chi connectivity index (χ1n) is 3.90. The number of carbonyl (C=O) groups is 1. The number of aliphatic carboxylic acids is 1. The summed E-state index contributed by atoms with van der Waals surface area (Å²) in [4.78, 5) is 10.9. The highest BCUT2D eigenvalue weighted by molar-refractivity contribution is 5.81. The molecule has 1 aliphatic rings. The summed E-state index contributed by atoms with van der Waals surface area (Å²) in [6.07, 6.45) is 6.54. The minimum Gasteiger partial charge on any atom is -0.478 e. The summed E-state index contributed by atoms with van der Waals surface area (Å²) in [5, 5.41) is 25.4. The molecular formula is C9H6N2O4. The number of hydrogen-bond acceptors (Lipinski definition) is 5. The Morgan fingerprint density at radius 2 is 2.27 bits per heavy atom. The fourth-order valence-corrected chi connectivity index (χ4v) is 1.09. The Hall–Kier alpha value is -2.47.